The van der Waals surface area contributed by atoms with Gasteiger partial charge in [-0.15, -0.1) is 11.3 Å². The number of benzene rings is 2. The summed E-state index contributed by atoms with van der Waals surface area (Å²) in [6, 6.07) is 9.15. The van der Waals surface area contributed by atoms with Gasteiger partial charge in [0.15, 0.2) is 11.5 Å². The number of rotatable bonds is 10. The van der Waals surface area contributed by atoms with Crippen molar-refractivity contribution < 1.29 is 28.7 Å². The second kappa shape index (κ2) is 11.5. The number of thiazole rings is 1. The van der Waals surface area contributed by atoms with E-state index in [0.717, 1.165) is 6.07 Å². The number of hydrazine groups is 1. The molecule has 0 aliphatic carbocycles. The zero-order valence-corrected chi connectivity index (χ0v) is 19.0. The zero-order chi connectivity index (χ0) is 24.5. The summed E-state index contributed by atoms with van der Waals surface area (Å²) >= 11 is 1.38. The van der Waals surface area contributed by atoms with Gasteiger partial charge in [-0.3, -0.25) is 30.6 Å². The minimum atomic E-state index is -0.895. The van der Waals surface area contributed by atoms with Gasteiger partial charge in [0.2, 0.25) is 0 Å². The number of methoxy groups -OCH3 is 2. The number of carbonyl (C=O) groups is 2. The van der Waals surface area contributed by atoms with Crippen molar-refractivity contribution in [3.8, 4) is 17.2 Å². The summed E-state index contributed by atoms with van der Waals surface area (Å²) < 4.78 is 15.9. The number of carbonyl (C=O) groups excluding carboxylic acids is 2. The molecule has 2 amide bonds. The van der Waals surface area contributed by atoms with Crippen LogP contribution >= 0.6 is 11.3 Å². The lowest BCUT2D eigenvalue weighted by molar-refractivity contribution is -0.385. The lowest BCUT2D eigenvalue weighted by Gasteiger charge is -2.13. The first-order chi connectivity index (χ1) is 16.4. The molecule has 0 fully saturated rings. The second-order valence-corrected chi connectivity index (χ2v) is 7.35. The highest BCUT2D eigenvalue weighted by molar-refractivity contribution is 7.07. The van der Waals surface area contributed by atoms with Crippen molar-refractivity contribution in [3.63, 3.8) is 0 Å². The van der Waals surface area contributed by atoms with E-state index >= 15 is 0 Å². The van der Waals surface area contributed by atoms with Crippen molar-refractivity contribution in [1.82, 2.24) is 15.8 Å². The first-order valence-electron chi connectivity index (χ1n) is 9.74. The van der Waals surface area contributed by atoms with Crippen molar-refractivity contribution in [2.45, 2.75) is 6.61 Å². The Morgan fingerprint density at radius 1 is 1.09 bits per heavy atom. The van der Waals surface area contributed by atoms with Crippen LogP contribution in [-0.4, -0.2) is 42.5 Å². The van der Waals surface area contributed by atoms with E-state index in [2.05, 4.69) is 21.2 Å². The van der Waals surface area contributed by atoms with Crippen LogP contribution in [0.1, 0.15) is 16.1 Å². The minimum Gasteiger partial charge on any atom is -0.497 e. The Hall–Kier alpha value is -4.39. The summed E-state index contributed by atoms with van der Waals surface area (Å²) in [5, 5.41) is 16.2. The van der Waals surface area contributed by atoms with Crippen LogP contribution in [0.25, 0.3) is 0 Å². The van der Waals surface area contributed by atoms with Crippen LogP contribution in [0.3, 0.4) is 0 Å². The zero-order valence-electron chi connectivity index (χ0n) is 18.2. The fraction of sp³-hybridized carbons (Fsp3) is 0.190. The van der Waals surface area contributed by atoms with Crippen LogP contribution in [-0.2, 0) is 11.4 Å². The molecule has 3 aromatic rings. The fourth-order valence-corrected chi connectivity index (χ4v) is 3.29. The minimum absolute atomic E-state index is 0.0693. The Morgan fingerprint density at radius 2 is 1.85 bits per heavy atom. The smallest absolute Gasteiger partial charge is 0.286 e. The van der Waals surface area contributed by atoms with E-state index < -0.39 is 22.4 Å². The molecule has 1 heterocycles. The van der Waals surface area contributed by atoms with Crippen LogP contribution < -0.4 is 30.4 Å². The lowest BCUT2D eigenvalue weighted by Crippen LogP contribution is -2.44. The molecule has 12 nitrogen and oxygen atoms in total. The molecule has 178 valence electrons. The monoisotopic (exact) mass is 487 g/mol. The van der Waals surface area contributed by atoms with Crippen molar-refractivity contribution in [1.29, 1.82) is 0 Å². The van der Waals surface area contributed by atoms with E-state index in [1.54, 1.807) is 42.3 Å². The highest BCUT2D eigenvalue weighted by atomic mass is 32.1. The highest BCUT2D eigenvalue weighted by Gasteiger charge is 2.25. The topological polar surface area (TPSA) is 154 Å². The molecule has 13 heteroatoms. The van der Waals surface area contributed by atoms with Crippen LogP contribution in [0.2, 0.25) is 0 Å². The molecule has 34 heavy (non-hydrogen) atoms. The number of anilines is 1. The second-order valence-electron chi connectivity index (χ2n) is 6.63. The first kappa shape index (κ1) is 24.3. The first-order valence-corrected chi connectivity index (χ1v) is 10.7. The Kier molecular flexibility index (Phi) is 8.18. The van der Waals surface area contributed by atoms with Crippen LogP contribution in [0.4, 0.5) is 11.4 Å². The number of hydrogen-bond donors (Lipinski definition) is 3. The maximum Gasteiger partial charge on any atom is 0.286 e. The van der Waals surface area contributed by atoms with Crippen molar-refractivity contribution >= 4 is 34.5 Å². The van der Waals surface area contributed by atoms with Crippen molar-refractivity contribution in [2.75, 3.05) is 26.1 Å². The SMILES string of the molecule is COc1ccc(NCC(=O)NNC(=O)c2cc(OC)c(OCc3cscn3)cc2[N+](=O)[O-])cc1. The molecule has 0 aliphatic heterocycles. The third-order valence-corrected chi connectivity index (χ3v) is 5.08. The number of nitro groups is 1. The van der Waals surface area contributed by atoms with Gasteiger partial charge in [0, 0.05) is 17.1 Å². The molecule has 3 N–H and O–H groups in total. The summed E-state index contributed by atoms with van der Waals surface area (Å²) in [6.07, 6.45) is 0. The van der Waals surface area contributed by atoms with E-state index in [0.29, 0.717) is 17.1 Å². The van der Waals surface area contributed by atoms with E-state index in [9.17, 15) is 19.7 Å². The van der Waals surface area contributed by atoms with E-state index in [1.807, 2.05) is 0 Å². The maximum atomic E-state index is 12.6. The van der Waals surface area contributed by atoms with Crippen LogP contribution in [0.5, 0.6) is 17.2 Å². The van der Waals surface area contributed by atoms with Gasteiger partial charge < -0.3 is 19.5 Å². The van der Waals surface area contributed by atoms with Gasteiger partial charge in [0.05, 0.1) is 43.0 Å². The molecule has 0 unspecified atom stereocenters. The van der Waals surface area contributed by atoms with Gasteiger partial charge in [-0.05, 0) is 24.3 Å². The van der Waals surface area contributed by atoms with Gasteiger partial charge in [-0.25, -0.2) is 4.98 Å². The number of nitro benzene ring substituents is 1. The van der Waals surface area contributed by atoms with Crippen molar-refractivity contribution in [3.05, 3.63) is 68.7 Å². The summed E-state index contributed by atoms with van der Waals surface area (Å²) in [6.45, 7) is -0.0821. The normalized spacial score (nSPS) is 10.2. The third-order valence-electron chi connectivity index (χ3n) is 4.44. The molecule has 0 bridgehead atoms. The molecule has 0 saturated carbocycles. The predicted octanol–water partition coefficient (Wildman–Crippen LogP) is 2.52. The molecule has 0 atom stereocenters. The molecular formula is C21H21N5O7S. The number of nitrogens with zero attached hydrogens (tertiary/aromatic N) is 2. The summed E-state index contributed by atoms with van der Waals surface area (Å²) in [4.78, 5) is 39.6. The maximum absolute atomic E-state index is 12.6. The molecular weight excluding hydrogens is 466 g/mol. The standard InChI is InChI=1S/C21H21N5O7S/c1-31-15-5-3-13(4-6-15)22-9-20(27)24-25-21(28)16-7-18(32-2)19(8-17(16)26(29)30)33-10-14-11-34-12-23-14/h3-8,11-12,22H,9-10H2,1-2H3,(H,24,27)(H,25,28). The number of amides is 2. The molecule has 1 aromatic heterocycles. The Balaban J connectivity index is 1.63. The van der Waals surface area contributed by atoms with Crippen LogP contribution in [0, 0.1) is 10.1 Å². The van der Waals surface area contributed by atoms with Gasteiger partial charge in [0.25, 0.3) is 17.5 Å². The van der Waals surface area contributed by atoms with E-state index in [-0.39, 0.29) is 30.2 Å². The molecule has 2 aromatic carbocycles. The molecule has 0 radical (unpaired) electrons. The molecule has 3 rings (SSSR count). The largest absolute Gasteiger partial charge is 0.497 e. The van der Waals surface area contributed by atoms with Gasteiger partial charge in [0.1, 0.15) is 17.9 Å². The van der Waals surface area contributed by atoms with Gasteiger partial charge in [-0.2, -0.15) is 0 Å². The van der Waals surface area contributed by atoms with Crippen molar-refractivity contribution in [2.24, 2.45) is 0 Å². The Morgan fingerprint density at radius 3 is 2.47 bits per heavy atom. The van der Waals surface area contributed by atoms with Crippen LogP contribution in [0.15, 0.2) is 47.3 Å². The quantitative estimate of drug-likeness (QED) is 0.289. The number of nitrogens with one attached hydrogen (secondary N) is 3. The highest BCUT2D eigenvalue weighted by Crippen LogP contribution is 2.35. The fourth-order valence-electron chi connectivity index (χ4n) is 2.74. The van der Waals surface area contributed by atoms with E-state index in [1.165, 1.54) is 24.5 Å². The molecule has 0 saturated heterocycles. The number of hydrogen-bond acceptors (Lipinski definition) is 10. The summed E-state index contributed by atoms with van der Waals surface area (Å²) in [5.41, 5.74) is 6.48. The average molecular weight is 487 g/mol. The number of ether oxygens (including phenoxy) is 3. The Bertz CT molecular complexity index is 1150. The summed E-state index contributed by atoms with van der Waals surface area (Å²) in [7, 11) is 2.88. The molecule has 0 spiro atoms. The third kappa shape index (κ3) is 6.32. The average Bonchev–Trinajstić information content (AvgIpc) is 3.38. The Labute approximate surface area is 198 Å². The molecule has 0 aliphatic rings. The van der Waals surface area contributed by atoms with Gasteiger partial charge >= 0.3 is 0 Å². The van der Waals surface area contributed by atoms with E-state index in [4.69, 9.17) is 14.2 Å². The van der Waals surface area contributed by atoms with Gasteiger partial charge in [-0.1, -0.05) is 0 Å². The summed E-state index contributed by atoms with van der Waals surface area (Å²) in [5.74, 6) is -0.611. The lowest BCUT2D eigenvalue weighted by atomic mass is 10.1. The number of aromatic nitrogens is 1. The predicted molar refractivity (Wildman–Crippen MR) is 123 cm³/mol.